The van der Waals surface area contributed by atoms with Gasteiger partial charge < -0.3 is 21.3 Å². The van der Waals surface area contributed by atoms with Crippen molar-refractivity contribution in [2.24, 2.45) is 5.73 Å². The number of likely N-dealkylation sites (tertiary alicyclic amines) is 1. The minimum Gasteiger partial charge on any atom is -0.366 e. The number of nitrogens with two attached hydrogens (primary N) is 1. The Balaban J connectivity index is 0.000000502. The zero-order chi connectivity index (χ0) is 32.0. The molecule has 4 amide bonds. The lowest BCUT2D eigenvalue weighted by Gasteiger charge is -2.33. The van der Waals surface area contributed by atoms with Gasteiger partial charge in [0.1, 0.15) is 11.6 Å². The summed E-state index contributed by atoms with van der Waals surface area (Å²) in [6.07, 6.45) is 7.58. The minimum absolute atomic E-state index is 0.192. The van der Waals surface area contributed by atoms with Crippen molar-refractivity contribution in [1.82, 2.24) is 20.5 Å². The third kappa shape index (κ3) is 9.67. The van der Waals surface area contributed by atoms with E-state index >= 15 is 0 Å². The SMILES string of the molecule is CCCC[C@H](S)C(=O)N[C@]1(CCc2ccccc2)CCN([C@@H](Cc2ccccc2)C(=O)NC)C1=O.NC(=O)c1ccncc1. The second-order valence-corrected chi connectivity index (χ2v) is 11.5. The van der Waals surface area contributed by atoms with Gasteiger partial charge in [-0.1, -0.05) is 80.4 Å². The molecular weight excluding hydrogens is 574 g/mol. The van der Waals surface area contributed by atoms with Gasteiger partial charge in [-0.05, 0) is 48.9 Å². The summed E-state index contributed by atoms with van der Waals surface area (Å²) in [7, 11) is 1.59. The number of nitrogens with one attached hydrogen (secondary N) is 2. The Morgan fingerprint density at radius 1 is 0.977 bits per heavy atom. The second-order valence-electron chi connectivity index (χ2n) is 10.9. The molecule has 0 saturated carbocycles. The van der Waals surface area contributed by atoms with Crippen LogP contribution in [0.1, 0.15) is 60.5 Å². The molecule has 10 heteroatoms. The number of hydrogen-bond donors (Lipinski definition) is 4. The minimum atomic E-state index is -1.05. The van der Waals surface area contributed by atoms with E-state index in [2.05, 4.69) is 35.2 Å². The van der Waals surface area contributed by atoms with Crippen molar-refractivity contribution in [3.8, 4) is 0 Å². The van der Waals surface area contributed by atoms with Gasteiger partial charge in [0, 0.05) is 38.0 Å². The lowest BCUT2D eigenvalue weighted by atomic mass is 9.89. The second kappa shape index (κ2) is 17.2. The maximum absolute atomic E-state index is 14.0. The first-order chi connectivity index (χ1) is 21.2. The van der Waals surface area contributed by atoms with Gasteiger partial charge in [-0.3, -0.25) is 24.2 Å². The Kier molecular flexibility index (Phi) is 13.4. The van der Waals surface area contributed by atoms with Gasteiger partial charge in [0.25, 0.3) is 0 Å². The molecule has 3 atom stereocenters. The van der Waals surface area contributed by atoms with E-state index in [9.17, 15) is 19.2 Å². The highest BCUT2D eigenvalue weighted by Gasteiger charge is 2.50. The van der Waals surface area contributed by atoms with E-state index in [1.54, 1.807) is 24.1 Å². The normalized spacial score (nSPS) is 17.2. The van der Waals surface area contributed by atoms with Crippen LogP contribution in [0.15, 0.2) is 85.2 Å². The molecule has 1 aromatic heterocycles. The summed E-state index contributed by atoms with van der Waals surface area (Å²) >= 11 is 4.51. The van der Waals surface area contributed by atoms with E-state index < -0.39 is 22.7 Å². The molecule has 1 fully saturated rings. The van der Waals surface area contributed by atoms with Gasteiger partial charge in [0.2, 0.25) is 23.6 Å². The number of unbranched alkanes of at least 4 members (excludes halogenated alkanes) is 1. The molecule has 1 saturated heterocycles. The number of thiol groups is 1. The molecule has 0 unspecified atom stereocenters. The molecule has 4 N–H and O–H groups in total. The van der Waals surface area contributed by atoms with Crippen LogP contribution in [0.25, 0.3) is 0 Å². The first-order valence-corrected chi connectivity index (χ1v) is 15.5. The number of carbonyl (C=O) groups is 4. The molecule has 44 heavy (non-hydrogen) atoms. The number of aromatic nitrogens is 1. The number of hydrogen-bond acceptors (Lipinski definition) is 6. The standard InChI is InChI=1S/C28H37N3O3S.C6H6N2O/c1-3-4-15-24(35)26(33)30-28(17-16-21-11-7-5-8-12-21)18-19-31(27(28)34)23(25(32)29-2)20-22-13-9-6-10-14-22;7-6(9)5-1-3-8-4-2-5/h5-14,23-24,35H,3-4,15-20H2,1-2H3,(H,29,32)(H,30,33);1-4H,(H2,7,9)/t23-,24-,28+;/m0./s1. The lowest BCUT2D eigenvalue weighted by molar-refractivity contribution is -0.142. The van der Waals surface area contributed by atoms with Crippen molar-refractivity contribution in [3.05, 3.63) is 102 Å². The number of nitrogens with zero attached hydrogens (tertiary/aromatic N) is 2. The molecule has 9 nitrogen and oxygen atoms in total. The van der Waals surface area contributed by atoms with Crippen LogP contribution in [0.3, 0.4) is 0 Å². The summed E-state index contributed by atoms with van der Waals surface area (Å²) in [5.74, 6) is -1.04. The Bertz CT molecular complexity index is 1360. The third-order valence-corrected chi connectivity index (χ3v) is 8.28. The number of amides is 4. The molecule has 0 aliphatic carbocycles. The summed E-state index contributed by atoms with van der Waals surface area (Å²) in [5, 5.41) is 5.34. The van der Waals surface area contributed by atoms with Crippen molar-refractivity contribution in [2.45, 2.75) is 68.7 Å². The largest absolute Gasteiger partial charge is 0.366 e. The highest BCUT2D eigenvalue weighted by atomic mass is 32.1. The van der Waals surface area contributed by atoms with Crippen molar-refractivity contribution < 1.29 is 19.2 Å². The Labute approximate surface area is 265 Å². The van der Waals surface area contributed by atoms with Crippen molar-refractivity contribution in [3.63, 3.8) is 0 Å². The van der Waals surface area contributed by atoms with Gasteiger partial charge in [0.05, 0.1) is 5.25 Å². The van der Waals surface area contributed by atoms with Gasteiger partial charge in [0.15, 0.2) is 0 Å². The number of rotatable bonds is 13. The van der Waals surface area contributed by atoms with E-state index in [0.717, 1.165) is 24.0 Å². The molecule has 1 aliphatic heterocycles. The number of aryl methyl sites for hydroxylation is 1. The Morgan fingerprint density at radius 3 is 2.14 bits per heavy atom. The smallest absolute Gasteiger partial charge is 0.249 e. The van der Waals surface area contributed by atoms with Crippen LogP contribution in [-0.4, -0.2) is 63.9 Å². The molecule has 2 heterocycles. The molecule has 234 valence electrons. The molecule has 4 rings (SSSR count). The van der Waals surface area contributed by atoms with Crippen LogP contribution in [0.2, 0.25) is 0 Å². The highest BCUT2D eigenvalue weighted by Crippen LogP contribution is 2.31. The van der Waals surface area contributed by atoms with Crippen LogP contribution < -0.4 is 16.4 Å². The summed E-state index contributed by atoms with van der Waals surface area (Å²) in [6.45, 7) is 2.48. The monoisotopic (exact) mass is 617 g/mol. The Morgan fingerprint density at radius 2 is 1.59 bits per heavy atom. The van der Waals surface area contributed by atoms with Crippen LogP contribution in [0.5, 0.6) is 0 Å². The van der Waals surface area contributed by atoms with E-state index in [1.165, 1.54) is 12.4 Å². The summed E-state index contributed by atoms with van der Waals surface area (Å²) < 4.78 is 0. The summed E-state index contributed by atoms with van der Waals surface area (Å²) in [5.41, 5.74) is 6.47. The fourth-order valence-electron chi connectivity index (χ4n) is 5.22. The topological polar surface area (TPSA) is 134 Å². The average Bonchev–Trinajstić information content (AvgIpc) is 3.37. The van der Waals surface area contributed by atoms with Crippen LogP contribution in [0.4, 0.5) is 0 Å². The summed E-state index contributed by atoms with van der Waals surface area (Å²) in [4.78, 5) is 55.7. The van der Waals surface area contributed by atoms with Crippen molar-refractivity contribution >= 4 is 36.3 Å². The average molecular weight is 618 g/mol. The highest BCUT2D eigenvalue weighted by molar-refractivity contribution is 7.81. The number of primary amides is 1. The maximum atomic E-state index is 14.0. The van der Waals surface area contributed by atoms with Crippen LogP contribution in [0, 0.1) is 0 Å². The predicted octanol–water partition coefficient (Wildman–Crippen LogP) is 3.73. The number of carbonyl (C=O) groups excluding carboxylic acids is 4. The Hall–Kier alpha value is -4.18. The number of likely N-dealkylation sites (N-methyl/N-ethyl adjacent to an activating group) is 1. The lowest BCUT2D eigenvalue weighted by Crippen LogP contribution is -2.58. The van der Waals surface area contributed by atoms with E-state index in [1.807, 2.05) is 60.7 Å². The molecule has 1 aliphatic rings. The first kappa shape index (κ1) is 34.3. The van der Waals surface area contributed by atoms with Gasteiger partial charge >= 0.3 is 0 Å². The first-order valence-electron chi connectivity index (χ1n) is 15.0. The fraction of sp³-hybridized carbons (Fsp3) is 0.382. The molecular formula is C34H43N5O4S. The number of pyridine rings is 1. The van der Waals surface area contributed by atoms with E-state index in [0.29, 0.717) is 44.2 Å². The third-order valence-electron chi connectivity index (χ3n) is 7.79. The van der Waals surface area contributed by atoms with Crippen LogP contribution in [-0.2, 0) is 27.2 Å². The molecule has 0 radical (unpaired) electrons. The zero-order valence-electron chi connectivity index (χ0n) is 25.4. The molecule has 2 aromatic carbocycles. The quantitative estimate of drug-likeness (QED) is 0.217. The molecule has 3 aromatic rings. The van der Waals surface area contributed by atoms with Crippen molar-refractivity contribution in [2.75, 3.05) is 13.6 Å². The predicted molar refractivity (Wildman–Crippen MR) is 175 cm³/mol. The molecule has 0 bridgehead atoms. The molecule has 0 spiro atoms. The zero-order valence-corrected chi connectivity index (χ0v) is 26.3. The number of benzene rings is 2. The van der Waals surface area contributed by atoms with Gasteiger partial charge in [-0.15, -0.1) is 0 Å². The van der Waals surface area contributed by atoms with E-state index in [-0.39, 0.29) is 17.7 Å². The van der Waals surface area contributed by atoms with Crippen LogP contribution >= 0.6 is 12.6 Å². The maximum Gasteiger partial charge on any atom is 0.249 e. The van der Waals surface area contributed by atoms with Crippen molar-refractivity contribution in [1.29, 1.82) is 0 Å². The fourth-order valence-corrected chi connectivity index (χ4v) is 5.46. The van der Waals surface area contributed by atoms with Gasteiger partial charge in [-0.25, -0.2) is 0 Å². The van der Waals surface area contributed by atoms with Gasteiger partial charge in [-0.2, -0.15) is 12.6 Å². The van der Waals surface area contributed by atoms with E-state index in [4.69, 9.17) is 5.73 Å². The summed E-state index contributed by atoms with van der Waals surface area (Å²) in [6, 6.07) is 22.2.